The smallest absolute Gasteiger partial charge is 0.245 e. The van der Waals surface area contributed by atoms with E-state index in [9.17, 15) is 23.1 Å². The number of nitrogens with zero attached hydrogens (tertiary/aromatic N) is 3. The maximum Gasteiger partial charge on any atom is 0.245 e. The van der Waals surface area contributed by atoms with E-state index in [1.165, 1.54) is 19.4 Å². The van der Waals surface area contributed by atoms with Gasteiger partial charge in [0, 0.05) is 43.9 Å². The van der Waals surface area contributed by atoms with Crippen LogP contribution in [0.1, 0.15) is 28.7 Å². The summed E-state index contributed by atoms with van der Waals surface area (Å²) in [5, 5.41) is 22.5. The fourth-order valence-electron chi connectivity index (χ4n) is 3.89. The van der Waals surface area contributed by atoms with Gasteiger partial charge in [0.05, 0.1) is 12.4 Å². The van der Waals surface area contributed by atoms with Gasteiger partial charge in [0.1, 0.15) is 17.9 Å². The number of nitrogens with two attached hydrogens (primary N) is 1. The lowest BCUT2D eigenvalue weighted by atomic mass is 10.1. The number of aryl methyl sites for hydroxylation is 1. The molecule has 212 valence electrons. The van der Waals surface area contributed by atoms with Crippen molar-refractivity contribution in [1.29, 1.82) is 5.41 Å². The maximum atomic E-state index is 13.4. The molecule has 0 radical (unpaired) electrons. The average molecular weight is 568 g/mol. The molecule has 0 aliphatic rings. The largest absolute Gasteiger partial charge is 0.394 e. The van der Waals surface area contributed by atoms with E-state index in [1.807, 2.05) is 0 Å². The first-order valence-corrected chi connectivity index (χ1v) is 14.1. The second kappa shape index (κ2) is 14.3. The number of benzene rings is 1. The highest BCUT2D eigenvalue weighted by Crippen LogP contribution is 2.17. The standard InChI is InChI=1S/C27H33N7O5S/c1-34(40(38,39)18-21-10-14-31-15-11-21)24(7-4-19-8-12-30-13-9-19)27(37)33-23(17-35)26(36)32-16-20-2-5-22(6-3-20)25(28)29/h2-3,5-6,8-15,23-24,35H,4,7,16-18H2,1H3,(H3,28,29)(H,32,36)(H,33,37)/t23-,24?/m0/s1. The Morgan fingerprint density at radius 2 is 1.52 bits per heavy atom. The molecule has 2 atom stereocenters. The van der Waals surface area contributed by atoms with Gasteiger partial charge in [-0.05, 0) is 53.8 Å². The fraction of sp³-hybridized carbons (Fsp3) is 0.296. The van der Waals surface area contributed by atoms with Crippen molar-refractivity contribution in [2.75, 3.05) is 13.7 Å². The Morgan fingerprint density at radius 1 is 0.950 bits per heavy atom. The molecule has 0 aliphatic heterocycles. The first-order valence-electron chi connectivity index (χ1n) is 12.5. The number of aromatic nitrogens is 2. The average Bonchev–Trinajstić information content (AvgIpc) is 2.95. The van der Waals surface area contributed by atoms with Gasteiger partial charge in [0.15, 0.2) is 0 Å². The highest BCUT2D eigenvalue weighted by Gasteiger charge is 2.33. The van der Waals surface area contributed by atoms with Gasteiger partial charge in [-0.15, -0.1) is 0 Å². The molecule has 13 heteroatoms. The third kappa shape index (κ3) is 8.66. The Hall–Kier alpha value is -4.20. The summed E-state index contributed by atoms with van der Waals surface area (Å²) in [6.45, 7) is -0.583. The summed E-state index contributed by atoms with van der Waals surface area (Å²) in [5.74, 6) is -1.77. The third-order valence-corrected chi connectivity index (χ3v) is 8.11. The molecule has 0 saturated carbocycles. The first kappa shape index (κ1) is 30.3. The van der Waals surface area contributed by atoms with Gasteiger partial charge < -0.3 is 21.5 Å². The first-order chi connectivity index (χ1) is 19.1. The van der Waals surface area contributed by atoms with Gasteiger partial charge in [0.2, 0.25) is 21.8 Å². The van der Waals surface area contributed by atoms with E-state index >= 15 is 0 Å². The molecule has 2 aromatic heterocycles. The highest BCUT2D eigenvalue weighted by atomic mass is 32.2. The number of nitrogen functional groups attached to an aromatic ring is 1. The van der Waals surface area contributed by atoms with E-state index < -0.39 is 40.5 Å². The number of aliphatic hydroxyl groups is 1. The number of sulfonamides is 1. The summed E-state index contributed by atoms with van der Waals surface area (Å²) in [7, 11) is -2.61. The van der Waals surface area contributed by atoms with Crippen LogP contribution in [0.15, 0.2) is 73.3 Å². The van der Waals surface area contributed by atoms with Crippen molar-refractivity contribution < 1.29 is 23.1 Å². The Kier molecular flexibility index (Phi) is 10.8. The van der Waals surface area contributed by atoms with Crippen LogP contribution >= 0.6 is 0 Å². The molecule has 0 bridgehead atoms. The lowest BCUT2D eigenvalue weighted by Crippen LogP contribution is -2.55. The number of rotatable bonds is 14. The Morgan fingerprint density at radius 3 is 2.08 bits per heavy atom. The predicted molar refractivity (Wildman–Crippen MR) is 149 cm³/mol. The van der Waals surface area contributed by atoms with Crippen molar-refractivity contribution in [3.8, 4) is 0 Å². The number of nitrogens with one attached hydrogen (secondary N) is 3. The van der Waals surface area contributed by atoms with Crippen LogP contribution in [0.25, 0.3) is 0 Å². The number of amidine groups is 1. The van der Waals surface area contributed by atoms with Crippen LogP contribution < -0.4 is 16.4 Å². The second-order valence-electron chi connectivity index (χ2n) is 9.11. The van der Waals surface area contributed by atoms with Crippen molar-refractivity contribution in [2.24, 2.45) is 5.73 Å². The third-order valence-electron chi connectivity index (χ3n) is 6.28. The molecular formula is C27H33N7O5S. The molecule has 3 rings (SSSR count). The summed E-state index contributed by atoms with van der Waals surface area (Å²) in [4.78, 5) is 34.0. The summed E-state index contributed by atoms with van der Waals surface area (Å²) in [6, 6.07) is 10.9. The van der Waals surface area contributed by atoms with Crippen LogP contribution in [0.2, 0.25) is 0 Å². The highest BCUT2D eigenvalue weighted by molar-refractivity contribution is 7.88. The van der Waals surface area contributed by atoms with Crippen LogP contribution in [-0.4, -0.2) is 71.2 Å². The molecular weight excluding hydrogens is 534 g/mol. The number of pyridine rings is 2. The maximum absolute atomic E-state index is 13.4. The molecule has 2 amide bonds. The number of hydrogen-bond acceptors (Lipinski definition) is 8. The SMILES string of the molecule is CN(C(CCc1ccncc1)C(=O)N[C@@H](CO)C(=O)NCc1ccc(C(=N)N)cc1)S(=O)(=O)Cc1ccncc1. The van der Waals surface area contributed by atoms with Crippen molar-refractivity contribution in [3.63, 3.8) is 0 Å². The van der Waals surface area contributed by atoms with E-state index in [-0.39, 0.29) is 24.6 Å². The molecule has 1 unspecified atom stereocenters. The quantitative estimate of drug-likeness (QED) is 0.136. The molecule has 0 saturated heterocycles. The molecule has 40 heavy (non-hydrogen) atoms. The van der Waals surface area contributed by atoms with Crippen LogP contribution in [0, 0.1) is 5.41 Å². The lowest BCUT2D eigenvalue weighted by Gasteiger charge is -2.28. The topological polar surface area (TPSA) is 191 Å². The fourth-order valence-corrected chi connectivity index (χ4v) is 5.30. The van der Waals surface area contributed by atoms with E-state index in [2.05, 4.69) is 20.6 Å². The molecule has 3 aromatic rings. The van der Waals surface area contributed by atoms with E-state index in [1.54, 1.807) is 60.9 Å². The van der Waals surface area contributed by atoms with Crippen LogP contribution in [0.5, 0.6) is 0 Å². The Balaban J connectivity index is 1.72. The van der Waals surface area contributed by atoms with Crippen molar-refractivity contribution in [2.45, 2.75) is 37.2 Å². The van der Waals surface area contributed by atoms with Gasteiger partial charge in [-0.3, -0.25) is 25.0 Å². The monoisotopic (exact) mass is 567 g/mol. The summed E-state index contributed by atoms with van der Waals surface area (Å²) < 4.78 is 27.5. The van der Waals surface area contributed by atoms with Crippen molar-refractivity contribution in [3.05, 3.63) is 95.6 Å². The van der Waals surface area contributed by atoms with Gasteiger partial charge >= 0.3 is 0 Å². The molecule has 6 N–H and O–H groups in total. The minimum Gasteiger partial charge on any atom is -0.394 e. The van der Waals surface area contributed by atoms with Crippen LogP contribution in [0.4, 0.5) is 0 Å². The predicted octanol–water partition coefficient (Wildman–Crippen LogP) is 0.317. The Labute approximate surface area is 233 Å². The Bertz CT molecular complexity index is 1390. The number of hydrogen-bond donors (Lipinski definition) is 5. The number of likely N-dealkylation sites (N-methyl/N-ethyl adjacent to an activating group) is 1. The number of carbonyl (C=O) groups is 2. The van der Waals surface area contributed by atoms with Crippen LogP contribution in [-0.2, 0) is 38.3 Å². The minimum absolute atomic E-state index is 0.0788. The molecule has 0 fully saturated rings. The molecule has 2 heterocycles. The van der Waals surface area contributed by atoms with Crippen molar-refractivity contribution in [1.82, 2.24) is 24.9 Å². The number of carbonyl (C=O) groups excluding carboxylic acids is 2. The second-order valence-corrected chi connectivity index (χ2v) is 11.1. The van der Waals surface area contributed by atoms with E-state index in [0.717, 1.165) is 15.4 Å². The number of amides is 2. The lowest BCUT2D eigenvalue weighted by molar-refractivity contribution is -0.132. The van der Waals surface area contributed by atoms with Crippen molar-refractivity contribution >= 4 is 27.7 Å². The zero-order valence-electron chi connectivity index (χ0n) is 22.0. The van der Waals surface area contributed by atoms with Gasteiger partial charge in [0.25, 0.3) is 0 Å². The van der Waals surface area contributed by atoms with Gasteiger partial charge in [-0.25, -0.2) is 8.42 Å². The summed E-state index contributed by atoms with van der Waals surface area (Å²) in [6.07, 6.45) is 6.69. The summed E-state index contributed by atoms with van der Waals surface area (Å²) in [5.41, 5.74) is 8.09. The summed E-state index contributed by atoms with van der Waals surface area (Å²) >= 11 is 0. The van der Waals surface area contributed by atoms with Gasteiger partial charge in [-0.1, -0.05) is 24.3 Å². The van der Waals surface area contributed by atoms with E-state index in [4.69, 9.17) is 11.1 Å². The normalized spacial score (nSPS) is 12.9. The molecule has 0 aliphatic carbocycles. The molecule has 12 nitrogen and oxygen atoms in total. The minimum atomic E-state index is -3.94. The number of aliphatic hydroxyl groups excluding tert-OH is 1. The van der Waals surface area contributed by atoms with Crippen LogP contribution in [0.3, 0.4) is 0 Å². The van der Waals surface area contributed by atoms with E-state index in [0.29, 0.717) is 17.5 Å². The zero-order chi connectivity index (χ0) is 29.1. The molecule has 1 aromatic carbocycles. The zero-order valence-corrected chi connectivity index (χ0v) is 22.8. The molecule has 0 spiro atoms. The van der Waals surface area contributed by atoms with Gasteiger partial charge in [-0.2, -0.15) is 4.31 Å².